The summed E-state index contributed by atoms with van der Waals surface area (Å²) in [5, 5.41) is 6.54. The van der Waals surface area contributed by atoms with Gasteiger partial charge in [0.1, 0.15) is 18.0 Å². The fraction of sp³-hybridized carbons (Fsp3) is 0.692. The van der Waals surface area contributed by atoms with Crippen molar-refractivity contribution in [2.75, 3.05) is 23.7 Å². The van der Waals surface area contributed by atoms with Gasteiger partial charge < -0.3 is 16.4 Å². The van der Waals surface area contributed by atoms with Gasteiger partial charge in [0, 0.05) is 25.2 Å². The van der Waals surface area contributed by atoms with Crippen LogP contribution in [-0.2, 0) is 0 Å². The van der Waals surface area contributed by atoms with E-state index in [9.17, 15) is 0 Å². The monoisotopic (exact) mass is 251 g/mol. The zero-order valence-corrected chi connectivity index (χ0v) is 11.6. The number of nitrogens with one attached hydrogen (secondary N) is 2. The molecule has 1 atom stereocenters. The molecule has 0 amide bonds. The molecule has 5 nitrogen and oxygen atoms in total. The van der Waals surface area contributed by atoms with Crippen LogP contribution in [0, 0.1) is 5.92 Å². The predicted octanol–water partition coefficient (Wildman–Crippen LogP) is 2.08. The third kappa shape index (κ3) is 6.39. The first-order chi connectivity index (χ1) is 8.58. The summed E-state index contributed by atoms with van der Waals surface area (Å²) in [5.74, 6) is 2.41. The number of aromatic nitrogens is 2. The molecule has 1 heterocycles. The van der Waals surface area contributed by atoms with Crippen LogP contribution in [0.25, 0.3) is 0 Å². The molecular formula is C13H25N5. The number of hydrogen-bond donors (Lipinski definition) is 3. The predicted molar refractivity (Wildman–Crippen MR) is 76.7 cm³/mol. The van der Waals surface area contributed by atoms with E-state index in [0.717, 1.165) is 37.6 Å². The lowest BCUT2D eigenvalue weighted by atomic mass is 10.1. The van der Waals surface area contributed by atoms with Crippen LogP contribution in [0.2, 0.25) is 0 Å². The van der Waals surface area contributed by atoms with Gasteiger partial charge in [-0.15, -0.1) is 0 Å². The molecule has 1 unspecified atom stereocenters. The van der Waals surface area contributed by atoms with Crippen LogP contribution in [0.3, 0.4) is 0 Å². The normalized spacial score (nSPS) is 12.5. The average Bonchev–Trinajstić information content (AvgIpc) is 2.28. The van der Waals surface area contributed by atoms with Crippen LogP contribution >= 0.6 is 0 Å². The van der Waals surface area contributed by atoms with Crippen LogP contribution in [0.4, 0.5) is 11.6 Å². The van der Waals surface area contributed by atoms with Crippen molar-refractivity contribution in [3.8, 4) is 0 Å². The number of rotatable bonds is 8. The van der Waals surface area contributed by atoms with E-state index in [4.69, 9.17) is 5.73 Å². The van der Waals surface area contributed by atoms with E-state index >= 15 is 0 Å². The summed E-state index contributed by atoms with van der Waals surface area (Å²) >= 11 is 0. The number of hydrogen-bond acceptors (Lipinski definition) is 5. The van der Waals surface area contributed by atoms with Crippen molar-refractivity contribution in [1.29, 1.82) is 0 Å². The molecule has 1 aromatic heterocycles. The van der Waals surface area contributed by atoms with Gasteiger partial charge in [-0.25, -0.2) is 9.97 Å². The van der Waals surface area contributed by atoms with Crippen LogP contribution in [0.1, 0.15) is 33.6 Å². The summed E-state index contributed by atoms with van der Waals surface area (Å²) in [7, 11) is 0. The summed E-state index contributed by atoms with van der Waals surface area (Å²) in [6.07, 6.45) is 3.64. The van der Waals surface area contributed by atoms with Crippen molar-refractivity contribution in [1.82, 2.24) is 9.97 Å². The number of nitrogens with zero attached hydrogens (tertiary/aromatic N) is 2. The lowest BCUT2D eigenvalue weighted by molar-refractivity contribution is 0.606. The highest BCUT2D eigenvalue weighted by Gasteiger charge is 2.00. The third-order valence-corrected chi connectivity index (χ3v) is 2.60. The largest absolute Gasteiger partial charge is 0.370 e. The maximum absolute atomic E-state index is 5.70. The van der Waals surface area contributed by atoms with Gasteiger partial charge in [-0.05, 0) is 25.7 Å². The molecular weight excluding hydrogens is 226 g/mol. The van der Waals surface area contributed by atoms with Gasteiger partial charge in [0.15, 0.2) is 0 Å². The zero-order chi connectivity index (χ0) is 13.4. The molecule has 102 valence electrons. The van der Waals surface area contributed by atoms with Crippen LogP contribution in [0.15, 0.2) is 12.4 Å². The third-order valence-electron chi connectivity index (χ3n) is 2.60. The highest BCUT2D eigenvalue weighted by molar-refractivity contribution is 5.46. The Balaban J connectivity index is 2.36. The second-order valence-electron chi connectivity index (χ2n) is 5.09. The number of nitrogens with two attached hydrogens (primary N) is 1. The highest BCUT2D eigenvalue weighted by Crippen LogP contribution is 2.09. The molecule has 0 aromatic carbocycles. The zero-order valence-electron chi connectivity index (χ0n) is 11.6. The Hall–Kier alpha value is -1.36. The fourth-order valence-corrected chi connectivity index (χ4v) is 1.47. The molecule has 0 bridgehead atoms. The van der Waals surface area contributed by atoms with Crippen LogP contribution in [-0.4, -0.2) is 29.1 Å². The Morgan fingerprint density at radius 3 is 2.11 bits per heavy atom. The molecule has 0 aliphatic heterocycles. The molecule has 5 heteroatoms. The first-order valence-corrected chi connectivity index (χ1v) is 6.63. The van der Waals surface area contributed by atoms with Gasteiger partial charge in [-0.3, -0.25) is 0 Å². The topological polar surface area (TPSA) is 75.9 Å². The van der Waals surface area contributed by atoms with Crippen molar-refractivity contribution >= 4 is 11.6 Å². The first kappa shape index (κ1) is 14.7. The summed E-state index contributed by atoms with van der Waals surface area (Å²) in [6.45, 7) is 8.19. The van der Waals surface area contributed by atoms with E-state index in [1.165, 1.54) is 0 Å². The Kier molecular flexibility index (Phi) is 6.43. The van der Waals surface area contributed by atoms with E-state index in [2.05, 4.69) is 34.4 Å². The highest BCUT2D eigenvalue weighted by atomic mass is 15.1. The van der Waals surface area contributed by atoms with Gasteiger partial charge in [0.2, 0.25) is 0 Å². The second kappa shape index (κ2) is 7.87. The molecule has 0 fully saturated rings. The summed E-state index contributed by atoms with van der Waals surface area (Å²) in [6, 6.07) is 2.14. The van der Waals surface area contributed by atoms with Gasteiger partial charge in [0.25, 0.3) is 0 Å². The minimum absolute atomic E-state index is 0.211. The maximum atomic E-state index is 5.70. The molecule has 0 aliphatic carbocycles. The molecule has 0 saturated carbocycles. The molecule has 1 rings (SSSR count). The van der Waals surface area contributed by atoms with E-state index in [1.807, 2.05) is 13.0 Å². The van der Waals surface area contributed by atoms with Gasteiger partial charge in [-0.1, -0.05) is 13.8 Å². The fourth-order valence-electron chi connectivity index (χ4n) is 1.47. The Morgan fingerprint density at radius 1 is 1.06 bits per heavy atom. The van der Waals surface area contributed by atoms with Crippen molar-refractivity contribution < 1.29 is 0 Å². The molecule has 4 N–H and O–H groups in total. The van der Waals surface area contributed by atoms with Gasteiger partial charge in [-0.2, -0.15) is 0 Å². The minimum atomic E-state index is 0.211. The standard InChI is InChI=1S/C13H25N5/c1-10(2)4-6-15-12-8-13(18-9-17-12)16-7-5-11(3)14/h8-11H,4-7,14H2,1-3H3,(H2,15,16,17,18). The van der Waals surface area contributed by atoms with E-state index in [-0.39, 0.29) is 6.04 Å². The van der Waals surface area contributed by atoms with Crippen molar-refractivity contribution in [2.45, 2.75) is 39.7 Å². The van der Waals surface area contributed by atoms with Crippen molar-refractivity contribution in [3.05, 3.63) is 12.4 Å². The van der Waals surface area contributed by atoms with Crippen LogP contribution < -0.4 is 16.4 Å². The summed E-state index contributed by atoms with van der Waals surface area (Å²) in [4.78, 5) is 8.37. The van der Waals surface area contributed by atoms with E-state index in [0.29, 0.717) is 5.92 Å². The van der Waals surface area contributed by atoms with Crippen molar-refractivity contribution in [2.24, 2.45) is 11.7 Å². The molecule has 0 saturated heterocycles. The Morgan fingerprint density at radius 2 is 1.61 bits per heavy atom. The van der Waals surface area contributed by atoms with Crippen LogP contribution in [0.5, 0.6) is 0 Å². The smallest absolute Gasteiger partial charge is 0.131 e. The minimum Gasteiger partial charge on any atom is -0.370 e. The molecule has 0 aliphatic rings. The SMILES string of the molecule is CC(C)CCNc1cc(NCCC(C)N)ncn1. The molecule has 0 spiro atoms. The van der Waals surface area contributed by atoms with Gasteiger partial charge in [0.05, 0.1) is 0 Å². The first-order valence-electron chi connectivity index (χ1n) is 6.63. The van der Waals surface area contributed by atoms with Crippen molar-refractivity contribution in [3.63, 3.8) is 0 Å². The molecule has 0 radical (unpaired) electrons. The lowest BCUT2D eigenvalue weighted by Crippen LogP contribution is -2.19. The summed E-state index contributed by atoms with van der Waals surface area (Å²) < 4.78 is 0. The quantitative estimate of drug-likeness (QED) is 0.659. The average molecular weight is 251 g/mol. The second-order valence-corrected chi connectivity index (χ2v) is 5.09. The molecule has 18 heavy (non-hydrogen) atoms. The Labute approximate surface area is 110 Å². The lowest BCUT2D eigenvalue weighted by Gasteiger charge is -2.10. The molecule has 1 aromatic rings. The summed E-state index contributed by atoms with van der Waals surface area (Å²) in [5.41, 5.74) is 5.70. The maximum Gasteiger partial charge on any atom is 0.131 e. The Bertz CT molecular complexity index is 309. The number of anilines is 2. The van der Waals surface area contributed by atoms with E-state index in [1.54, 1.807) is 6.33 Å². The van der Waals surface area contributed by atoms with E-state index < -0.39 is 0 Å². The van der Waals surface area contributed by atoms with Gasteiger partial charge >= 0.3 is 0 Å².